The van der Waals surface area contributed by atoms with Crippen LogP contribution in [0.3, 0.4) is 0 Å². The minimum Gasteiger partial charge on any atom is -0.207 e. The van der Waals surface area contributed by atoms with Crippen molar-refractivity contribution in [1.29, 1.82) is 0 Å². The van der Waals surface area contributed by atoms with Crippen molar-refractivity contribution in [2.75, 3.05) is 0 Å². The predicted molar refractivity (Wildman–Crippen MR) is 121 cm³/mol. The number of hydrogen-bond acceptors (Lipinski definition) is 0. The molecule has 3 aromatic carbocycles. The molecule has 4 rings (SSSR count). The molecule has 0 aliphatic heterocycles. The van der Waals surface area contributed by atoms with Gasteiger partial charge in [-0.3, -0.25) is 0 Å². The van der Waals surface area contributed by atoms with Crippen LogP contribution in [0.2, 0.25) is 0 Å². The number of halogens is 3. The highest BCUT2D eigenvalue weighted by Crippen LogP contribution is 2.37. The molecule has 1 aliphatic carbocycles. The van der Waals surface area contributed by atoms with Gasteiger partial charge in [-0.15, -0.1) is 0 Å². The second-order valence-electron chi connectivity index (χ2n) is 9.08. The van der Waals surface area contributed by atoms with E-state index in [1.807, 2.05) is 30.3 Å². The third-order valence-electron chi connectivity index (χ3n) is 6.79. The van der Waals surface area contributed by atoms with Gasteiger partial charge in [0, 0.05) is 11.1 Å². The first-order valence-corrected chi connectivity index (χ1v) is 11.2. The van der Waals surface area contributed by atoms with Crippen molar-refractivity contribution in [2.24, 2.45) is 5.92 Å². The van der Waals surface area contributed by atoms with E-state index in [4.69, 9.17) is 0 Å². The van der Waals surface area contributed by atoms with Crippen LogP contribution in [-0.2, 0) is 12.8 Å². The van der Waals surface area contributed by atoms with Gasteiger partial charge in [-0.05, 0) is 84.9 Å². The number of rotatable bonds is 5. The molecule has 0 unspecified atom stereocenters. The summed E-state index contributed by atoms with van der Waals surface area (Å²) in [7, 11) is 0. The summed E-state index contributed by atoms with van der Waals surface area (Å²) in [5, 5.41) is 0. The molecule has 0 N–H and O–H groups in total. The molecule has 0 saturated heterocycles. The Morgan fingerprint density at radius 1 is 0.710 bits per heavy atom. The lowest BCUT2D eigenvalue weighted by Crippen LogP contribution is -2.11. The maximum Gasteiger partial charge on any atom is 0.131 e. The molecule has 0 atom stereocenters. The highest BCUT2D eigenvalue weighted by Gasteiger charge is 2.20. The monoisotopic (exact) mass is 422 g/mol. The van der Waals surface area contributed by atoms with Gasteiger partial charge in [-0.2, -0.15) is 0 Å². The zero-order valence-electron chi connectivity index (χ0n) is 18.2. The molecule has 1 aliphatic rings. The van der Waals surface area contributed by atoms with Crippen molar-refractivity contribution in [3.8, 4) is 11.1 Å². The SMILES string of the molecule is Cc1c(F)cc(CCc2ccc(-c3ccc(C4CCC(C)CC4)cc3F)cc2)cc1F. The Hall–Kier alpha value is -2.55. The van der Waals surface area contributed by atoms with Crippen LogP contribution >= 0.6 is 0 Å². The smallest absolute Gasteiger partial charge is 0.131 e. The van der Waals surface area contributed by atoms with Crippen molar-refractivity contribution in [3.05, 3.63) is 94.3 Å². The molecule has 3 heteroatoms. The maximum atomic E-state index is 14.9. The molecule has 162 valence electrons. The van der Waals surface area contributed by atoms with Crippen LogP contribution in [0.5, 0.6) is 0 Å². The van der Waals surface area contributed by atoms with Crippen LogP contribution in [0, 0.1) is 30.3 Å². The topological polar surface area (TPSA) is 0 Å². The summed E-state index contributed by atoms with van der Waals surface area (Å²) in [5.41, 5.74) is 4.32. The van der Waals surface area contributed by atoms with Gasteiger partial charge in [0.05, 0.1) is 0 Å². The minimum atomic E-state index is -0.507. The third-order valence-corrected chi connectivity index (χ3v) is 6.79. The molecule has 0 aromatic heterocycles. The van der Waals surface area contributed by atoms with E-state index in [9.17, 15) is 13.2 Å². The summed E-state index contributed by atoms with van der Waals surface area (Å²) >= 11 is 0. The highest BCUT2D eigenvalue weighted by molar-refractivity contribution is 5.65. The molecule has 3 aromatic rings. The largest absolute Gasteiger partial charge is 0.207 e. The van der Waals surface area contributed by atoms with Crippen LogP contribution in [0.25, 0.3) is 11.1 Å². The van der Waals surface area contributed by atoms with E-state index >= 15 is 0 Å². The van der Waals surface area contributed by atoms with Crippen molar-refractivity contribution in [2.45, 2.75) is 58.3 Å². The molecule has 0 heterocycles. The predicted octanol–water partition coefficient (Wildman–Crippen LogP) is 8.16. The lowest BCUT2D eigenvalue weighted by Gasteiger charge is -2.26. The van der Waals surface area contributed by atoms with Gasteiger partial charge >= 0.3 is 0 Å². The summed E-state index contributed by atoms with van der Waals surface area (Å²) < 4.78 is 42.3. The fourth-order valence-electron chi connectivity index (χ4n) is 4.59. The Balaban J connectivity index is 1.43. The van der Waals surface area contributed by atoms with Crippen molar-refractivity contribution >= 4 is 0 Å². The van der Waals surface area contributed by atoms with E-state index in [-0.39, 0.29) is 11.4 Å². The fraction of sp³-hybridized carbons (Fsp3) is 0.357. The molecule has 0 amide bonds. The average Bonchev–Trinajstić information content (AvgIpc) is 2.77. The standard InChI is InChI=1S/C28H29F3/c1-18-3-9-22(10-4-18)24-13-14-25(28(31)17-24)23-11-7-20(8-12-23)5-6-21-15-26(29)19(2)27(30)16-21/h7-8,11-18,22H,3-6,9-10H2,1-2H3. The van der Waals surface area contributed by atoms with Crippen LogP contribution < -0.4 is 0 Å². The number of aryl methyl sites for hydroxylation is 2. The van der Waals surface area contributed by atoms with E-state index in [1.54, 1.807) is 6.07 Å². The molecule has 0 radical (unpaired) electrons. The molecular formula is C28H29F3. The second kappa shape index (κ2) is 9.30. The molecule has 1 saturated carbocycles. The van der Waals surface area contributed by atoms with Crippen LogP contribution in [-0.4, -0.2) is 0 Å². The first-order valence-electron chi connectivity index (χ1n) is 11.2. The minimum absolute atomic E-state index is 0.0548. The van der Waals surface area contributed by atoms with E-state index in [0.717, 1.165) is 35.4 Å². The summed E-state index contributed by atoms with van der Waals surface area (Å²) in [4.78, 5) is 0. The Bertz CT molecular complexity index is 1020. The third kappa shape index (κ3) is 5.03. The normalized spacial score (nSPS) is 18.9. The lowest BCUT2D eigenvalue weighted by molar-refractivity contribution is 0.347. The highest BCUT2D eigenvalue weighted by atomic mass is 19.1. The van der Waals surface area contributed by atoms with Gasteiger partial charge in [0.2, 0.25) is 0 Å². The summed E-state index contributed by atoms with van der Waals surface area (Å²) in [6.45, 7) is 3.73. The van der Waals surface area contributed by atoms with Crippen LogP contribution in [0.4, 0.5) is 13.2 Å². The summed E-state index contributed by atoms with van der Waals surface area (Å²) in [6, 6.07) is 16.3. The Morgan fingerprint density at radius 3 is 1.94 bits per heavy atom. The zero-order chi connectivity index (χ0) is 22.0. The number of hydrogen-bond donors (Lipinski definition) is 0. The van der Waals surface area contributed by atoms with E-state index in [2.05, 4.69) is 13.0 Å². The van der Waals surface area contributed by atoms with Crippen molar-refractivity contribution in [3.63, 3.8) is 0 Å². The van der Waals surface area contributed by atoms with Gasteiger partial charge in [0.25, 0.3) is 0 Å². The van der Waals surface area contributed by atoms with Gasteiger partial charge in [0.1, 0.15) is 17.5 Å². The summed E-state index contributed by atoms with van der Waals surface area (Å²) in [5.74, 6) is 0.0648. The van der Waals surface area contributed by atoms with Gasteiger partial charge < -0.3 is 0 Å². The van der Waals surface area contributed by atoms with E-state index in [1.165, 1.54) is 31.9 Å². The van der Waals surface area contributed by atoms with Crippen LogP contribution in [0.1, 0.15) is 60.8 Å². The Kier molecular flexibility index (Phi) is 6.50. The maximum absolute atomic E-state index is 14.9. The van der Waals surface area contributed by atoms with Crippen molar-refractivity contribution in [1.82, 2.24) is 0 Å². The Morgan fingerprint density at radius 2 is 1.32 bits per heavy atom. The fourth-order valence-corrected chi connectivity index (χ4v) is 4.59. The zero-order valence-corrected chi connectivity index (χ0v) is 18.2. The van der Waals surface area contributed by atoms with Gasteiger partial charge in [0.15, 0.2) is 0 Å². The van der Waals surface area contributed by atoms with Gasteiger partial charge in [-0.25, -0.2) is 13.2 Å². The molecule has 31 heavy (non-hydrogen) atoms. The summed E-state index contributed by atoms with van der Waals surface area (Å²) in [6.07, 6.45) is 5.95. The molecule has 0 nitrogen and oxygen atoms in total. The first kappa shape index (κ1) is 21.7. The molecule has 1 fully saturated rings. The Labute approximate surface area is 183 Å². The lowest BCUT2D eigenvalue weighted by atomic mass is 9.79. The number of benzene rings is 3. The quantitative estimate of drug-likeness (QED) is 0.389. The van der Waals surface area contributed by atoms with E-state index in [0.29, 0.717) is 29.9 Å². The second-order valence-corrected chi connectivity index (χ2v) is 9.08. The van der Waals surface area contributed by atoms with Crippen molar-refractivity contribution < 1.29 is 13.2 Å². The molecule has 0 spiro atoms. The first-order chi connectivity index (χ1) is 14.9. The van der Waals surface area contributed by atoms with Crippen LogP contribution in [0.15, 0.2) is 54.6 Å². The molecule has 0 bridgehead atoms. The van der Waals surface area contributed by atoms with Gasteiger partial charge in [-0.1, -0.05) is 56.2 Å². The average molecular weight is 423 g/mol. The van der Waals surface area contributed by atoms with E-state index < -0.39 is 11.6 Å². The molecular weight excluding hydrogens is 393 g/mol.